The number of hydrogen-bond donors (Lipinski definition) is 1. The van der Waals surface area contributed by atoms with Gasteiger partial charge in [-0.1, -0.05) is 32.4 Å². The fraction of sp³-hybridized carbons (Fsp3) is 0.600. The van der Waals surface area contributed by atoms with Gasteiger partial charge in [-0.25, -0.2) is 12.7 Å². The highest BCUT2D eigenvalue weighted by Gasteiger charge is 2.20. The largest absolute Gasteiger partial charge is 0.310 e. The van der Waals surface area contributed by atoms with Crippen molar-refractivity contribution in [2.75, 3.05) is 20.1 Å². The van der Waals surface area contributed by atoms with Crippen LogP contribution in [-0.2, 0) is 10.0 Å². The summed E-state index contributed by atoms with van der Waals surface area (Å²) in [6, 6.07) is 7.39. The molecule has 0 radical (unpaired) electrons. The average molecular weight is 298 g/mol. The minimum atomic E-state index is -3.35. The Bertz CT molecular complexity index is 497. The minimum Gasteiger partial charge on any atom is -0.310 e. The standard InChI is InChI=1S/C15H26N2O2S/c1-5-7-12-17(4)20(18,19)15-10-8-14(9-11-15)13(3)16-6-2/h8-11,13,16H,5-7,12H2,1-4H3. The van der Waals surface area contributed by atoms with Gasteiger partial charge in [-0.15, -0.1) is 0 Å². The van der Waals surface area contributed by atoms with Crippen molar-refractivity contribution in [1.82, 2.24) is 9.62 Å². The van der Waals surface area contributed by atoms with Gasteiger partial charge in [0.15, 0.2) is 0 Å². The summed E-state index contributed by atoms with van der Waals surface area (Å²) < 4.78 is 26.1. The van der Waals surface area contributed by atoms with E-state index in [4.69, 9.17) is 0 Å². The topological polar surface area (TPSA) is 49.4 Å². The molecule has 1 N–H and O–H groups in total. The Morgan fingerprint density at radius 3 is 2.30 bits per heavy atom. The van der Waals surface area contributed by atoms with Gasteiger partial charge in [-0.2, -0.15) is 0 Å². The Balaban J connectivity index is 2.86. The van der Waals surface area contributed by atoms with Gasteiger partial charge < -0.3 is 5.32 Å². The fourth-order valence-corrected chi connectivity index (χ4v) is 3.24. The maximum Gasteiger partial charge on any atom is 0.242 e. The van der Waals surface area contributed by atoms with Gasteiger partial charge in [0, 0.05) is 19.6 Å². The van der Waals surface area contributed by atoms with Crippen molar-refractivity contribution in [2.45, 2.75) is 44.6 Å². The number of benzene rings is 1. The van der Waals surface area contributed by atoms with Gasteiger partial charge in [0.2, 0.25) is 10.0 Å². The molecule has 4 nitrogen and oxygen atoms in total. The Hall–Kier alpha value is -0.910. The summed E-state index contributed by atoms with van der Waals surface area (Å²) in [6.07, 6.45) is 1.87. The summed E-state index contributed by atoms with van der Waals surface area (Å²) in [4.78, 5) is 0.364. The predicted octanol–water partition coefficient (Wildman–Crippen LogP) is 2.78. The molecule has 0 saturated carbocycles. The van der Waals surface area contributed by atoms with E-state index in [-0.39, 0.29) is 6.04 Å². The van der Waals surface area contributed by atoms with Gasteiger partial charge in [0.25, 0.3) is 0 Å². The molecule has 0 aliphatic rings. The number of sulfonamides is 1. The zero-order valence-corrected chi connectivity index (χ0v) is 13.7. The molecule has 0 fully saturated rings. The highest BCUT2D eigenvalue weighted by Crippen LogP contribution is 2.19. The summed E-state index contributed by atoms with van der Waals surface area (Å²) in [6.45, 7) is 7.63. The third-order valence-electron chi connectivity index (χ3n) is 3.43. The van der Waals surface area contributed by atoms with E-state index in [0.717, 1.165) is 24.9 Å². The molecule has 1 aromatic rings. The lowest BCUT2D eigenvalue weighted by atomic mass is 10.1. The number of nitrogens with one attached hydrogen (secondary N) is 1. The molecule has 0 spiro atoms. The van der Waals surface area contributed by atoms with Crippen molar-refractivity contribution in [3.05, 3.63) is 29.8 Å². The third kappa shape index (κ3) is 4.30. The van der Waals surface area contributed by atoms with Crippen LogP contribution in [0.15, 0.2) is 29.2 Å². The second-order valence-electron chi connectivity index (χ2n) is 5.03. The summed E-state index contributed by atoms with van der Waals surface area (Å²) in [5.41, 5.74) is 1.10. The van der Waals surface area contributed by atoms with Crippen LogP contribution in [0.4, 0.5) is 0 Å². The van der Waals surface area contributed by atoms with E-state index in [1.807, 2.05) is 12.1 Å². The molecular formula is C15H26N2O2S. The van der Waals surface area contributed by atoms with Crippen molar-refractivity contribution in [3.63, 3.8) is 0 Å². The van der Waals surface area contributed by atoms with Crippen LogP contribution in [0.5, 0.6) is 0 Å². The minimum absolute atomic E-state index is 0.231. The molecule has 20 heavy (non-hydrogen) atoms. The second-order valence-corrected chi connectivity index (χ2v) is 7.07. The van der Waals surface area contributed by atoms with E-state index >= 15 is 0 Å². The normalized spacial score (nSPS) is 13.7. The molecule has 0 aliphatic carbocycles. The molecule has 1 rings (SSSR count). The monoisotopic (exact) mass is 298 g/mol. The predicted molar refractivity (Wildman–Crippen MR) is 83.3 cm³/mol. The quantitative estimate of drug-likeness (QED) is 0.803. The van der Waals surface area contributed by atoms with Gasteiger partial charge >= 0.3 is 0 Å². The van der Waals surface area contributed by atoms with Crippen LogP contribution >= 0.6 is 0 Å². The molecular weight excluding hydrogens is 272 g/mol. The zero-order valence-electron chi connectivity index (χ0n) is 12.9. The lowest BCUT2D eigenvalue weighted by molar-refractivity contribution is 0.459. The molecule has 1 unspecified atom stereocenters. The Morgan fingerprint density at radius 1 is 1.20 bits per heavy atom. The van der Waals surface area contributed by atoms with Crippen LogP contribution in [0, 0.1) is 0 Å². The zero-order chi connectivity index (χ0) is 15.2. The van der Waals surface area contributed by atoms with Crippen molar-refractivity contribution in [1.29, 1.82) is 0 Å². The van der Waals surface area contributed by atoms with Crippen molar-refractivity contribution < 1.29 is 8.42 Å². The van der Waals surface area contributed by atoms with Crippen LogP contribution < -0.4 is 5.32 Å². The summed E-state index contributed by atoms with van der Waals surface area (Å²) in [7, 11) is -1.71. The van der Waals surface area contributed by atoms with Gasteiger partial charge in [0.05, 0.1) is 4.90 Å². The fourth-order valence-electron chi connectivity index (χ4n) is 2.03. The molecule has 114 valence electrons. The third-order valence-corrected chi connectivity index (χ3v) is 5.30. The summed E-state index contributed by atoms with van der Waals surface area (Å²) >= 11 is 0. The molecule has 0 bridgehead atoms. The number of unbranched alkanes of at least 4 members (excludes halogenated alkanes) is 1. The average Bonchev–Trinajstić information content (AvgIpc) is 2.45. The lowest BCUT2D eigenvalue weighted by Crippen LogP contribution is -2.28. The first-order valence-corrected chi connectivity index (χ1v) is 8.67. The van der Waals surface area contributed by atoms with Crippen LogP contribution in [-0.4, -0.2) is 32.9 Å². The van der Waals surface area contributed by atoms with Crippen molar-refractivity contribution in [3.8, 4) is 0 Å². The van der Waals surface area contributed by atoms with E-state index in [2.05, 4.69) is 26.1 Å². The van der Waals surface area contributed by atoms with E-state index < -0.39 is 10.0 Å². The second kappa shape index (κ2) is 7.76. The van der Waals surface area contributed by atoms with Crippen LogP contribution in [0.25, 0.3) is 0 Å². The number of nitrogens with zero attached hydrogens (tertiary/aromatic N) is 1. The molecule has 5 heteroatoms. The first-order chi connectivity index (χ1) is 9.43. The van der Waals surface area contributed by atoms with Gasteiger partial charge in [0.1, 0.15) is 0 Å². The highest BCUT2D eigenvalue weighted by atomic mass is 32.2. The maximum absolute atomic E-state index is 12.4. The molecule has 1 atom stereocenters. The van der Waals surface area contributed by atoms with Crippen molar-refractivity contribution in [2.24, 2.45) is 0 Å². The van der Waals surface area contributed by atoms with Crippen LogP contribution in [0.1, 0.15) is 45.2 Å². The van der Waals surface area contributed by atoms with Gasteiger partial charge in [-0.3, -0.25) is 0 Å². The summed E-state index contributed by atoms with van der Waals surface area (Å²) in [5, 5.41) is 3.31. The lowest BCUT2D eigenvalue weighted by Gasteiger charge is -2.18. The molecule has 0 aliphatic heterocycles. The molecule has 0 heterocycles. The number of rotatable bonds is 8. The van der Waals surface area contributed by atoms with Crippen LogP contribution in [0.2, 0.25) is 0 Å². The maximum atomic E-state index is 12.4. The molecule has 0 saturated heterocycles. The van der Waals surface area contributed by atoms with E-state index in [1.165, 1.54) is 4.31 Å². The molecule has 1 aromatic carbocycles. The molecule has 0 aromatic heterocycles. The Kier molecular flexibility index (Phi) is 6.65. The van der Waals surface area contributed by atoms with E-state index in [9.17, 15) is 8.42 Å². The number of hydrogen-bond acceptors (Lipinski definition) is 3. The Morgan fingerprint density at radius 2 is 1.80 bits per heavy atom. The highest BCUT2D eigenvalue weighted by molar-refractivity contribution is 7.89. The smallest absolute Gasteiger partial charge is 0.242 e. The van der Waals surface area contributed by atoms with Crippen LogP contribution in [0.3, 0.4) is 0 Å². The van der Waals surface area contributed by atoms with Crippen molar-refractivity contribution >= 4 is 10.0 Å². The first kappa shape index (κ1) is 17.1. The van der Waals surface area contributed by atoms with E-state index in [0.29, 0.717) is 11.4 Å². The SMILES string of the molecule is CCCCN(C)S(=O)(=O)c1ccc(C(C)NCC)cc1. The Labute approximate surface area is 123 Å². The van der Waals surface area contributed by atoms with Gasteiger partial charge in [-0.05, 0) is 37.6 Å². The first-order valence-electron chi connectivity index (χ1n) is 7.23. The summed E-state index contributed by atoms with van der Waals surface area (Å²) in [5.74, 6) is 0. The van der Waals surface area contributed by atoms with E-state index in [1.54, 1.807) is 19.2 Å². The molecule has 0 amide bonds.